The Labute approximate surface area is 106 Å². The molecule has 0 saturated carbocycles. The Kier molecular flexibility index (Phi) is 3.38. The van der Waals surface area contributed by atoms with Crippen molar-refractivity contribution >= 4 is 33.6 Å². The molecule has 0 fully saturated rings. The van der Waals surface area contributed by atoms with Crippen molar-refractivity contribution in [2.45, 2.75) is 6.92 Å². The standard InChI is InChI=1S/C10H9BrN4O2/c1-6-4-9(15-17-6)14-10(16)13-8-3-2-7(11)5-12-8/h2-5H,1H3,(H2,12,13,14,15,16). The second-order valence-electron chi connectivity index (χ2n) is 3.26. The lowest BCUT2D eigenvalue weighted by Gasteiger charge is -2.03. The van der Waals surface area contributed by atoms with Crippen molar-refractivity contribution in [1.29, 1.82) is 0 Å². The van der Waals surface area contributed by atoms with E-state index in [1.807, 2.05) is 0 Å². The maximum Gasteiger partial charge on any atom is 0.326 e. The van der Waals surface area contributed by atoms with Crippen LogP contribution in [0.5, 0.6) is 0 Å². The van der Waals surface area contributed by atoms with Gasteiger partial charge in [0.05, 0.1) is 0 Å². The number of carbonyl (C=O) groups excluding carboxylic acids is 1. The molecule has 0 aliphatic heterocycles. The first-order valence-corrected chi connectivity index (χ1v) is 5.55. The summed E-state index contributed by atoms with van der Waals surface area (Å²) >= 11 is 3.25. The molecule has 0 aromatic carbocycles. The molecule has 7 heteroatoms. The second-order valence-corrected chi connectivity index (χ2v) is 4.18. The zero-order valence-electron chi connectivity index (χ0n) is 8.90. The van der Waals surface area contributed by atoms with Crippen LogP contribution >= 0.6 is 15.9 Å². The number of anilines is 2. The van der Waals surface area contributed by atoms with E-state index in [4.69, 9.17) is 4.52 Å². The molecule has 0 bridgehead atoms. The molecule has 0 atom stereocenters. The second kappa shape index (κ2) is 4.96. The van der Waals surface area contributed by atoms with E-state index < -0.39 is 6.03 Å². The smallest absolute Gasteiger partial charge is 0.326 e. The van der Waals surface area contributed by atoms with Crippen molar-refractivity contribution < 1.29 is 9.32 Å². The van der Waals surface area contributed by atoms with Crippen LogP contribution in [0.1, 0.15) is 5.76 Å². The van der Waals surface area contributed by atoms with Crippen LogP contribution in [0.15, 0.2) is 33.4 Å². The van der Waals surface area contributed by atoms with Gasteiger partial charge in [0.25, 0.3) is 0 Å². The van der Waals surface area contributed by atoms with E-state index in [-0.39, 0.29) is 0 Å². The van der Waals surface area contributed by atoms with Crippen molar-refractivity contribution in [2.24, 2.45) is 0 Å². The summed E-state index contributed by atoms with van der Waals surface area (Å²) in [6, 6.07) is 4.66. The summed E-state index contributed by atoms with van der Waals surface area (Å²) in [6.07, 6.45) is 1.59. The number of carbonyl (C=O) groups is 1. The van der Waals surface area contributed by atoms with E-state index in [9.17, 15) is 4.79 Å². The molecule has 0 spiro atoms. The molecule has 2 rings (SSSR count). The lowest BCUT2D eigenvalue weighted by molar-refractivity contribution is 0.262. The molecule has 2 aromatic rings. The number of aryl methyl sites for hydroxylation is 1. The molecule has 0 radical (unpaired) electrons. The van der Waals surface area contributed by atoms with Crippen LogP contribution in [0, 0.1) is 6.92 Å². The number of nitrogens with zero attached hydrogens (tertiary/aromatic N) is 2. The maximum atomic E-state index is 11.5. The summed E-state index contributed by atoms with van der Waals surface area (Å²) in [7, 11) is 0. The Balaban J connectivity index is 1.95. The monoisotopic (exact) mass is 296 g/mol. The molecule has 0 unspecified atom stereocenters. The number of aromatic nitrogens is 2. The normalized spacial score (nSPS) is 10.0. The van der Waals surface area contributed by atoms with Crippen LogP contribution in [0.2, 0.25) is 0 Å². The van der Waals surface area contributed by atoms with Crippen LogP contribution in [-0.4, -0.2) is 16.2 Å². The first-order valence-electron chi connectivity index (χ1n) is 4.76. The molecular formula is C10H9BrN4O2. The molecule has 17 heavy (non-hydrogen) atoms. The van der Waals surface area contributed by atoms with E-state index in [0.717, 1.165) is 4.47 Å². The molecule has 2 aromatic heterocycles. The molecular weight excluding hydrogens is 288 g/mol. The van der Waals surface area contributed by atoms with Gasteiger partial charge in [0.2, 0.25) is 0 Å². The fraction of sp³-hybridized carbons (Fsp3) is 0.100. The van der Waals surface area contributed by atoms with Gasteiger partial charge in [-0.3, -0.25) is 10.6 Å². The molecule has 2 N–H and O–H groups in total. The number of urea groups is 1. The molecule has 88 valence electrons. The van der Waals surface area contributed by atoms with Gasteiger partial charge in [-0.15, -0.1) is 0 Å². The Bertz CT molecular complexity index is 523. The first-order chi connectivity index (χ1) is 8.13. The Morgan fingerprint density at radius 2 is 2.12 bits per heavy atom. The minimum Gasteiger partial charge on any atom is -0.360 e. The molecule has 2 heterocycles. The van der Waals surface area contributed by atoms with Crippen molar-refractivity contribution in [3.05, 3.63) is 34.6 Å². The predicted molar refractivity (Wildman–Crippen MR) is 65.8 cm³/mol. The van der Waals surface area contributed by atoms with Gasteiger partial charge in [0.1, 0.15) is 11.6 Å². The molecule has 0 aliphatic carbocycles. The summed E-state index contributed by atoms with van der Waals surface area (Å²) in [5.41, 5.74) is 0. The number of amides is 2. The number of hydrogen-bond donors (Lipinski definition) is 2. The minimum absolute atomic E-state index is 0.358. The fourth-order valence-corrected chi connectivity index (χ4v) is 1.37. The maximum absolute atomic E-state index is 11.5. The predicted octanol–water partition coefficient (Wildman–Crippen LogP) is 2.78. The van der Waals surface area contributed by atoms with Gasteiger partial charge in [-0.25, -0.2) is 9.78 Å². The number of nitrogens with one attached hydrogen (secondary N) is 2. The Morgan fingerprint density at radius 1 is 1.35 bits per heavy atom. The van der Waals surface area contributed by atoms with Crippen LogP contribution in [0.25, 0.3) is 0 Å². The summed E-state index contributed by atoms with van der Waals surface area (Å²) in [4.78, 5) is 15.5. The van der Waals surface area contributed by atoms with Crippen LogP contribution in [0.4, 0.5) is 16.4 Å². The summed E-state index contributed by atoms with van der Waals surface area (Å²) in [6.45, 7) is 1.74. The third-order valence-electron chi connectivity index (χ3n) is 1.84. The van der Waals surface area contributed by atoms with Crippen LogP contribution < -0.4 is 10.6 Å². The van der Waals surface area contributed by atoms with E-state index in [2.05, 4.69) is 36.7 Å². The summed E-state index contributed by atoms with van der Waals surface area (Å²) < 4.78 is 5.66. The number of halogens is 1. The van der Waals surface area contributed by atoms with E-state index in [0.29, 0.717) is 17.4 Å². The average Bonchev–Trinajstić information content (AvgIpc) is 2.67. The van der Waals surface area contributed by atoms with Crippen LogP contribution in [0.3, 0.4) is 0 Å². The minimum atomic E-state index is -0.423. The van der Waals surface area contributed by atoms with Gasteiger partial charge < -0.3 is 4.52 Å². The van der Waals surface area contributed by atoms with Crippen molar-refractivity contribution in [3.63, 3.8) is 0 Å². The highest BCUT2D eigenvalue weighted by molar-refractivity contribution is 9.10. The van der Waals surface area contributed by atoms with E-state index >= 15 is 0 Å². The zero-order valence-corrected chi connectivity index (χ0v) is 10.5. The molecule has 6 nitrogen and oxygen atoms in total. The van der Waals surface area contributed by atoms with Gasteiger partial charge in [-0.05, 0) is 35.0 Å². The van der Waals surface area contributed by atoms with Gasteiger partial charge in [0, 0.05) is 16.7 Å². The number of rotatable bonds is 2. The highest BCUT2D eigenvalue weighted by Gasteiger charge is 2.06. The highest BCUT2D eigenvalue weighted by atomic mass is 79.9. The largest absolute Gasteiger partial charge is 0.360 e. The third kappa shape index (κ3) is 3.28. The van der Waals surface area contributed by atoms with Crippen molar-refractivity contribution in [2.75, 3.05) is 10.6 Å². The van der Waals surface area contributed by atoms with Crippen molar-refractivity contribution in [1.82, 2.24) is 10.1 Å². The number of pyridine rings is 1. The molecule has 0 saturated heterocycles. The Morgan fingerprint density at radius 3 is 2.71 bits per heavy atom. The van der Waals surface area contributed by atoms with Gasteiger partial charge in [-0.2, -0.15) is 0 Å². The van der Waals surface area contributed by atoms with Gasteiger partial charge >= 0.3 is 6.03 Å². The summed E-state index contributed by atoms with van der Waals surface area (Å²) in [5, 5.41) is 8.72. The lowest BCUT2D eigenvalue weighted by Crippen LogP contribution is -2.20. The first kappa shape index (κ1) is 11.6. The van der Waals surface area contributed by atoms with Crippen molar-refractivity contribution in [3.8, 4) is 0 Å². The third-order valence-corrected chi connectivity index (χ3v) is 2.31. The average molecular weight is 297 g/mol. The summed E-state index contributed by atoms with van der Waals surface area (Å²) in [5.74, 6) is 1.44. The molecule has 2 amide bonds. The Hall–Kier alpha value is -1.89. The fourth-order valence-electron chi connectivity index (χ4n) is 1.14. The van der Waals surface area contributed by atoms with Crippen LogP contribution in [-0.2, 0) is 0 Å². The zero-order chi connectivity index (χ0) is 12.3. The van der Waals surface area contributed by atoms with Gasteiger partial charge in [0.15, 0.2) is 5.82 Å². The van der Waals surface area contributed by atoms with Gasteiger partial charge in [-0.1, -0.05) is 5.16 Å². The quantitative estimate of drug-likeness (QED) is 0.893. The SMILES string of the molecule is Cc1cc(NC(=O)Nc2ccc(Br)cn2)no1. The molecule has 0 aliphatic rings. The highest BCUT2D eigenvalue weighted by Crippen LogP contribution is 2.11. The number of hydrogen-bond acceptors (Lipinski definition) is 4. The lowest BCUT2D eigenvalue weighted by atomic mass is 10.4. The van der Waals surface area contributed by atoms with E-state index in [1.54, 1.807) is 31.3 Å². The topological polar surface area (TPSA) is 80.0 Å². The van der Waals surface area contributed by atoms with E-state index in [1.165, 1.54) is 0 Å².